The number of halogens is 1. The van der Waals surface area contributed by atoms with Gasteiger partial charge in [0.2, 0.25) is 0 Å². The Morgan fingerprint density at radius 1 is 1.13 bits per heavy atom. The van der Waals surface area contributed by atoms with Crippen LogP contribution in [0.5, 0.6) is 6.01 Å². The average Bonchev–Trinajstić information content (AvgIpc) is 3.23. The highest BCUT2D eigenvalue weighted by Crippen LogP contribution is 2.37. The summed E-state index contributed by atoms with van der Waals surface area (Å²) in [6, 6.07) is 13.3. The van der Waals surface area contributed by atoms with Gasteiger partial charge in [-0.15, -0.1) is 0 Å². The standard InChI is InChI=1S/C24H28ClN5O/c1-28-12-10-17(14-28)29(2)23-18-11-13-30(15-20(18)26-24(27-23)31-3)21-9-5-7-16-6-4-8-19(25)22(16)21/h4-9,17H,10-15H2,1-3H3. The van der Waals surface area contributed by atoms with E-state index in [4.69, 9.17) is 26.3 Å². The molecule has 1 aromatic heterocycles. The molecule has 2 aliphatic heterocycles. The molecule has 5 rings (SSSR count). The summed E-state index contributed by atoms with van der Waals surface area (Å²) < 4.78 is 5.49. The molecule has 1 fully saturated rings. The summed E-state index contributed by atoms with van der Waals surface area (Å²) >= 11 is 6.60. The Morgan fingerprint density at radius 3 is 2.68 bits per heavy atom. The second kappa shape index (κ2) is 8.17. The number of likely N-dealkylation sites (N-methyl/N-ethyl adjacent to an activating group) is 2. The molecule has 2 aliphatic rings. The second-order valence-corrected chi connectivity index (χ2v) is 8.97. The van der Waals surface area contributed by atoms with E-state index in [2.05, 4.69) is 53.1 Å². The monoisotopic (exact) mass is 437 g/mol. The lowest BCUT2D eigenvalue weighted by Crippen LogP contribution is -2.38. The van der Waals surface area contributed by atoms with Crippen molar-refractivity contribution >= 4 is 33.9 Å². The Morgan fingerprint density at radius 2 is 1.94 bits per heavy atom. The number of rotatable bonds is 4. The number of likely N-dealkylation sites (tertiary alicyclic amines) is 1. The Balaban J connectivity index is 1.52. The lowest BCUT2D eigenvalue weighted by Gasteiger charge is -2.34. The molecule has 0 aliphatic carbocycles. The van der Waals surface area contributed by atoms with Crippen LogP contribution in [-0.4, -0.2) is 61.7 Å². The summed E-state index contributed by atoms with van der Waals surface area (Å²) in [6.07, 6.45) is 2.04. The van der Waals surface area contributed by atoms with E-state index in [1.54, 1.807) is 7.11 Å². The second-order valence-electron chi connectivity index (χ2n) is 8.56. The molecule has 0 N–H and O–H groups in total. The largest absolute Gasteiger partial charge is 0.467 e. The number of hydrogen-bond donors (Lipinski definition) is 0. The molecule has 1 unspecified atom stereocenters. The molecule has 3 heterocycles. The molecule has 0 amide bonds. The quantitative estimate of drug-likeness (QED) is 0.614. The van der Waals surface area contributed by atoms with Gasteiger partial charge >= 0.3 is 6.01 Å². The van der Waals surface area contributed by atoms with Gasteiger partial charge in [0.15, 0.2) is 0 Å². The number of nitrogens with zero attached hydrogens (tertiary/aromatic N) is 5. The predicted octanol–water partition coefficient (Wildman–Crippen LogP) is 3.99. The van der Waals surface area contributed by atoms with E-state index in [9.17, 15) is 0 Å². The third-order valence-corrected chi connectivity index (χ3v) is 6.94. The molecular weight excluding hydrogens is 410 g/mol. The van der Waals surface area contributed by atoms with E-state index in [0.717, 1.165) is 65.5 Å². The van der Waals surface area contributed by atoms with Crippen molar-refractivity contribution in [3.63, 3.8) is 0 Å². The maximum Gasteiger partial charge on any atom is 0.318 e. The first-order chi connectivity index (χ1) is 15.0. The summed E-state index contributed by atoms with van der Waals surface area (Å²) in [7, 11) is 5.97. The first-order valence-electron chi connectivity index (χ1n) is 10.8. The van der Waals surface area contributed by atoms with Crippen LogP contribution >= 0.6 is 11.6 Å². The Kier molecular flexibility index (Phi) is 5.36. The summed E-state index contributed by atoms with van der Waals surface area (Å²) in [4.78, 5) is 16.6. The molecule has 0 saturated carbocycles. The average molecular weight is 438 g/mol. The van der Waals surface area contributed by atoms with Crippen molar-refractivity contribution in [1.29, 1.82) is 0 Å². The van der Waals surface area contributed by atoms with Gasteiger partial charge in [-0.3, -0.25) is 0 Å². The number of fused-ring (bicyclic) bond motifs is 2. The molecule has 162 valence electrons. The first kappa shape index (κ1) is 20.3. The van der Waals surface area contributed by atoms with Crippen LogP contribution in [-0.2, 0) is 13.0 Å². The van der Waals surface area contributed by atoms with E-state index in [0.29, 0.717) is 18.6 Å². The number of methoxy groups -OCH3 is 1. The van der Waals surface area contributed by atoms with Crippen molar-refractivity contribution < 1.29 is 4.74 Å². The molecule has 7 heteroatoms. The minimum absolute atomic E-state index is 0.435. The third-order valence-electron chi connectivity index (χ3n) is 6.63. The van der Waals surface area contributed by atoms with Crippen molar-refractivity contribution in [2.24, 2.45) is 0 Å². The van der Waals surface area contributed by atoms with Crippen LogP contribution in [0.2, 0.25) is 5.02 Å². The van der Waals surface area contributed by atoms with Gasteiger partial charge in [-0.25, -0.2) is 0 Å². The van der Waals surface area contributed by atoms with E-state index in [-0.39, 0.29) is 0 Å². The Hall–Kier alpha value is -2.57. The lowest BCUT2D eigenvalue weighted by molar-refractivity contribution is 0.375. The van der Waals surface area contributed by atoms with Gasteiger partial charge in [-0.1, -0.05) is 35.9 Å². The van der Waals surface area contributed by atoms with E-state index >= 15 is 0 Å². The maximum absolute atomic E-state index is 6.60. The van der Waals surface area contributed by atoms with Crippen molar-refractivity contribution in [3.8, 4) is 6.01 Å². The van der Waals surface area contributed by atoms with Crippen LogP contribution in [0.3, 0.4) is 0 Å². The lowest BCUT2D eigenvalue weighted by atomic mass is 10.0. The molecule has 2 aromatic carbocycles. The normalized spacial score (nSPS) is 19.0. The van der Waals surface area contributed by atoms with Gasteiger partial charge in [0.05, 0.1) is 24.4 Å². The molecule has 6 nitrogen and oxygen atoms in total. The number of benzene rings is 2. The molecule has 0 radical (unpaired) electrons. The summed E-state index contributed by atoms with van der Waals surface area (Å²) in [5, 5.41) is 3.04. The topological polar surface area (TPSA) is 44.7 Å². The fraction of sp³-hybridized carbons (Fsp3) is 0.417. The predicted molar refractivity (Wildman–Crippen MR) is 127 cm³/mol. The van der Waals surface area contributed by atoms with Gasteiger partial charge in [0.1, 0.15) is 5.82 Å². The Labute approximate surface area is 188 Å². The minimum atomic E-state index is 0.435. The third kappa shape index (κ3) is 3.68. The van der Waals surface area contributed by atoms with E-state index in [1.807, 2.05) is 12.1 Å². The van der Waals surface area contributed by atoms with Crippen LogP contribution in [0.1, 0.15) is 17.7 Å². The minimum Gasteiger partial charge on any atom is -0.467 e. The maximum atomic E-state index is 6.60. The molecule has 3 aromatic rings. The Bertz CT molecular complexity index is 1120. The van der Waals surface area contributed by atoms with Crippen molar-refractivity contribution in [1.82, 2.24) is 14.9 Å². The number of aromatic nitrogens is 2. The molecule has 0 spiro atoms. The SMILES string of the molecule is COc1nc2c(c(N(C)C3CCN(C)C3)n1)CCN(c1cccc3cccc(Cl)c13)C2. The van der Waals surface area contributed by atoms with Gasteiger partial charge < -0.3 is 19.4 Å². The van der Waals surface area contributed by atoms with Gasteiger partial charge in [0.25, 0.3) is 0 Å². The molecular formula is C24H28ClN5O. The highest BCUT2D eigenvalue weighted by Gasteiger charge is 2.30. The van der Waals surface area contributed by atoms with Gasteiger partial charge in [-0.2, -0.15) is 9.97 Å². The van der Waals surface area contributed by atoms with Crippen LogP contribution < -0.4 is 14.5 Å². The molecule has 1 saturated heterocycles. The van der Waals surface area contributed by atoms with Crippen molar-refractivity contribution in [2.45, 2.75) is 25.4 Å². The first-order valence-corrected chi connectivity index (χ1v) is 11.2. The number of ether oxygens (including phenoxy) is 1. The summed E-state index contributed by atoms with van der Waals surface area (Å²) in [5.41, 5.74) is 3.43. The summed E-state index contributed by atoms with van der Waals surface area (Å²) in [6.45, 7) is 3.79. The van der Waals surface area contributed by atoms with Gasteiger partial charge in [0, 0.05) is 42.8 Å². The fourth-order valence-corrected chi connectivity index (χ4v) is 5.20. The fourth-order valence-electron chi connectivity index (χ4n) is 4.92. The summed E-state index contributed by atoms with van der Waals surface area (Å²) in [5.74, 6) is 1.01. The highest BCUT2D eigenvalue weighted by atomic mass is 35.5. The molecule has 31 heavy (non-hydrogen) atoms. The number of anilines is 2. The number of hydrogen-bond acceptors (Lipinski definition) is 6. The molecule has 0 bridgehead atoms. The van der Waals surface area contributed by atoms with Gasteiger partial charge in [-0.05, 0) is 44.0 Å². The zero-order chi connectivity index (χ0) is 21.5. The van der Waals surface area contributed by atoms with Crippen molar-refractivity contribution in [3.05, 3.63) is 52.7 Å². The highest BCUT2D eigenvalue weighted by molar-refractivity contribution is 6.36. The van der Waals surface area contributed by atoms with Crippen LogP contribution in [0.4, 0.5) is 11.5 Å². The van der Waals surface area contributed by atoms with E-state index in [1.165, 1.54) is 5.56 Å². The zero-order valence-electron chi connectivity index (χ0n) is 18.3. The van der Waals surface area contributed by atoms with Crippen LogP contribution in [0.15, 0.2) is 36.4 Å². The van der Waals surface area contributed by atoms with E-state index < -0.39 is 0 Å². The zero-order valence-corrected chi connectivity index (χ0v) is 19.1. The smallest absolute Gasteiger partial charge is 0.318 e. The van der Waals surface area contributed by atoms with Crippen LogP contribution in [0, 0.1) is 0 Å². The van der Waals surface area contributed by atoms with Crippen LogP contribution in [0.25, 0.3) is 10.8 Å². The molecule has 1 atom stereocenters. The van der Waals surface area contributed by atoms with Crippen molar-refractivity contribution in [2.75, 3.05) is 50.6 Å².